The number of likely N-dealkylation sites (tertiary alicyclic amines) is 4. The number of hydrazone groups is 2. The van der Waals surface area contributed by atoms with Crippen LogP contribution < -0.4 is 39.9 Å². The van der Waals surface area contributed by atoms with Crippen molar-refractivity contribution < 1.29 is 34.3 Å². The van der Waals surface area contributed by atoms with Gasteiger partial charge in [0.25, 0.3) is 0 Å². The van der Waals surface area contributed by atoms with Crippen molar-refractivity contribution in [3.8, 4) is 0 Å². The van der Waals surface area contributed by atoms with E-state index < -0.39 is 12.0 Å². The fourth-order valence-corrected chi connectivity index (χ4v) is 6.06. The Kier molecular flexibility index (Phi) is 49.3. The highest BCUT2D eigenvalue weighted by Gasteiger charge is 2.30. The van der Waals surface area contributed by atoms with E-state index in [9.17, 15) is 19.2 Å². The van der Waals surface area contributed by atoms with E-state index in [1.165, 1.54) is 71.3 Å². The molecule has 3 amide bonds. The Morgan fingerprint density at radius 1 is 0.643 bits per heavy atom. The second kappa shape index (κ2) is 46.1. The molecule has 4 atom stereocenters. The Balaban J connectivity index is -0.000000165. The summed E-state index contributed by atoms with van der Waals surface area (Å²) in [6.45, 7) is 26.7. The quantitative estimate of drug-likeness (QED) is 0.0635. The molecule has 70 heavy (non-hydrogen) atoms. The van der Waals surface area contributed by atoms with Gasteiger partial charge in [0.05, 0.1) is 17.5 Å². The molecule has 26 heteroatoms. The molecule has 0 aromatic rings. The summed E-state index contributed by atoms with van der Waals surface area (Å²) in [4.78, 5) is 54.1. The Morgan fingerprint density at radius 3 is 1.17 bits per heavy atom. The smallest absolute Gasteiger partial charge is 0.326 e. The van der Waals surface area contributed by atoms with E-state index in [4.69, 9.17) is 49.5 Å². The van der Waals surface area contributed by atoms with Crippen LogP contribution in [0.25, 0.3) is 0 Å². The number of primary amides is 1. The zero-order valence-electron chi connectivity index (χ0n) is 45.7. The lowest BCUT2D eigenvalue weighted by molar-refractivity contribution is -0.141. The number of carboxylic acids is 1. The van der Waals surface area contributed by atoms with Crippen LogP contribution in [0.2, 0.25) is 0 Å². The third-order valence-electron chi connectivity index (χ3n) is 9.36. The Morgan fingerprint density at radius 2 is 1.03 bits per heavy atom. The van der Waals surface area contributed by atoms with Gasteiger partial charge in [0.2, 0.25) is 17.7 Å². The van der Waals surface area contributed by atoms with Gasteiger partial charge in [0.15, 0.2) is 0 Å². The van der Waals surface area contributed by atoms with Gasteiger partial charge in [-0.15, -0.1) is 0 Å². The van der Waals surface area contributed by atoms with Gasteiger partial charge in [-0.2, -0.15) is 10.2 Å². The fraction of sp³-hybridized carbons (Fsp3) is 0.750. The number of oxime groups is 2. The van der Waals surface area contributed by atoms with E-state index in [2.05, 4.69) is 72.9 Å². The lowest BCUT2D eigenvalue weighted by Crippen LogP contribution is -2.38. The van der Waals surface area contributed by atoms with Crippen molar-refractivity contribution in [3.63, 3.8) is 0 Å². The number of nitrogens with zero attached hydrogens (tertiary/aromatic N) is 9. The van der Waals surface area contributed by atoms with Crippen molar-refractivity contribution in [2.75, 3.05) is 54.4 Å². The molecular weight excluding hydrogens is 907 g/mol. The largest absolute Gasteiger partial charge is 0.480 e. The van der Waals surface area contributed by atoms with E-state index in [1.807, 2.05) is 18.7 Å². The molecule has 4 unspecified atom stereocenters. The Bertz CT molecular complexity index is 1520. The second-order valence-corrected chi connectivity index (χ2v) is 16.5. The number of amidine groups is 7. The zero-order chi connectivity index (χ0) is 56.3. The summed E-state index contributed by atoms with van der Waals surface area (Å²) in [7, 11) is 6.61. The molecule has 4 aliphatic heterocycles. The van der Waals surface area contributed by atoms with Crippen LogP contribution in [0.4, 0.5) is 0 Å². The minimum Gasteiger partial charge on any atom is -0.480 e. The number of nitrogens with two attached hydrogens (primary N) is 6. The lowest BCUT2D eigenvalue weighted by Gasteiger charge is -2.26. The van der Waals surface area contributed by atoms with Crippen molar-refractivity contribution in [2.45, 2.75) is 166 Å². The Hall–Kier alpha value is -6.63. The molecule has 0 spiro atoms. The number of nitrogens with one attached hydrogen (secondary N) is 4. The van der Waals surface area contributed by atoms with Gasteiger partial charge in [-0.25, -0.2) is 4.79 Å². The maximum atomic E-state index is 10.6. The van der Waals surface area contributed by atoms with Crippen LogP contribution in [0.3, 0.4) is 0 Å². The summed E-state index contributed by atoms with van der Waals surface area (Å²) in [5, 5.41) is 51.0. The topological polar surface area (TPSA) is 423 Å². The predicted octanol–water partition coefficient (Wildman–Crippen LogP) is 2.48. The number of carbonyl (C=O) groups excluding carboxylic acids is 3. The molecule has 0 aliphatic carbocycles. The van der Waals surface area contributed by atoms with Crippen molar-refractivity contribution in [2.24, 2.45) is 55.0 Å². The van der Waals surface area contributed by atoms with Gasteiger partial charge < -0.3 is 79.6 Å². The summed E-state index contributed by atoms with van der Waals surface area (Å²) in [6.07, 6.45) is 8.96. The molecule has 4 fully saturated rings. The Labute approximate surface area is 419 Å². The maximum absolute atomic E-state index is 10.6. The summed E-state index contributed by atoms with van der Waals surface area (Å²) in [5.74, 6) is 7.19. The first-order valence-electron chi connectivity index (χ1n) is 22.9. The molecule has 0 radical (unpaired) electrons. The summed E-state index contributed by atoms with van der Waals surface area (Å²) in [6, 6.07) is 1.34. The van der Waals surface area contributed by atoms with Crippen molar-refractivity contribution in [1.82, 2.24) is 29.9 Å². The first-order chi connectivity index (χ1) is 32.2. The van der Waals surface area contributed by atoms with Crippen LogP contribution in [0.1, 0.15) is 141 Å². The highest BCUT2D eigenvalue weighted by molar-refractivity contribution is 5.84. The molecule has 0 bridgehead atoms. The minimum absolute atomic E-state index is 0.0926. The van der Waals surface area contributed by atoms with Crippen LogP contribution in [0.5, 0.6) is 0 Å². The first-order valence-corrected chi connectivity index (χ1v) is 22.9. The van der Waals surface area contributed by atoms with Crippen LogP contribution in [-0.4, -0.2) is 178 Å². The minimum atomic E-state index is -0.811. The SMILES string of the molecule is CC(=N)N1C(C)CCC1C.CC(=N)N1CCCC1C.CC(=N)N1CCCC1C(=O)O.CC(=O)N(C)C.CC(=O)N1CCCC1.CC(N)=NN.CC(N)=NO.CC(N)=O.CNN=C(C)N.CON=C(C)N. The van der Waals surface area contributed by atoms with E-state index in [0.717, 1.165) is 37.7 Å². The van der Waals surface area contributed by atoms with Gasteiger partial charge in [0, 0.05) is 86.2 Å². The monoisotopic (exact) mass is 1000 g/mol. The van der Waals surface area contributed by atoms with Crippen LogP contribution in [0.15, 0.2) is 20.5 Å². The van der Waals surface area contributed by atoms with E-state index in [-0.39, 0.29) is 23.6 Å². The number of carboxylic acid groups (broad SMARTS) is 1. The average molecular weight is 1000 g/mol. The number of aliphatic carboxylic acids is 1. The second-order valence-electron chi connectivity index (χ2n) is 16.5. The fourth-order valence-electron chi connectivity index (χ4n) is 6.06. The maximum Gasteiger partial charge on any atom is 0.326 e. The zero-order valence-corrected chi connectivity index (χ0v) is 45.7. The molecule has 0 saturated carbocycles. The van der Waals surface area contributed by atoms with Crippen molar-refractivity contribution in [3.05, 3.63) is 0 Å². The molecule has 0 aromatic heterocycles. The van der Waals surface area contributed by atoms with E-state index >= 15 is 0 Å². The third-order valence-corrected chi connectivity index (χ3v) is 9.36. The van der Waals surface area contributed by atoms with Crippen LogP contribution >= 0.6 is 0 Å². The van der Waals surface area contributed by atoms with Gasteiger partial charge in [-0.1, -0.05) is 10.3 Å². The average Bonchev–Trinajstić information content (AvgIpc) is 4.08. The molecule has 410 valence electrons. The number of rotatable bonds is 3. The molecule has 4 aliphatic rings. The normalized spacial score (nSPS) is 18.8. The summed E-state index contributed by atoms with van der Waals surface area (Å²) >= 11 is 0. The first kappa shape index (κ1) is 74.9. The number of carbonyl (C=O) groups is 4. The van der Waals surface area contributed by atoms with Gasteiger partial charge in [-0.3, -0.25) is 30.6 Å². The van der Waals surface area contributed by atoms with E-state index in [0.29, 0.717) is 54.4 Å². The molecular formula is C44H97N19O7. The van der Waals surface area contributed by atoms with Crippen LogP contribution in [0, 0.1) is 16.2 Å². The van der Waals surface area contributed by atoms with Crippen molar-refractivity contribution >= 4 is 64.5 Å². The molecule has 18 N–H and O–H groups in total. The summed E-state index contributed by atoms with van der Waals surface area (Å²) in [5.41, 5.74) is 26.8. The number of hydrogen-bond acceptors (Lipinski definition) is 15. The number of hydrogen-bond donors (Lipinski definition) is 12. The molecule has 0 aromatic carbocycles. The molecule has 4 heterocycles. The molecule has 4 rings (SSSR count). The summed E-state index contributed by atoms with van der Waals surface area (Å²) < 4.78 is 0. The lowest BCUT2D eigenvalue weighted by atomic mass is 10.2. The molecule has 26 nitrogen and oxygen atoms in total. The highest BCUT2D eigenvalue weighted by atomic mass is 16.6. The van der Waals surface area contributed by atoms with Gasteiger partial charge in [-0.05, 0) is 121 Å². The predicted molar refractivity (Wildman–Crippen MR) is 285 cm³/mol. The number of amides is 3. The van der Waals surface area contributed by atoms with Crippen LogP contribution in [-0.2, 0) is 24.0 Å². The van der Waals surface area contributed by atoms with Gasteiger partial charge in [0.1, 0.15) is 36.5 Å². The third kappa shape index (κ3) is 49.3. The molecule has 4 saturated heterocycles. The highest BCUT2D eigenvalue weighted by Crippen LogP contribution is 2.23. The van der Waals surface area contributed by atoms with E-state index in [1.54, 1.807) is 60.7 Å². The van der Waals surface area contributed by atoms with Gasteiger partial charge >= 0.3 is 5.97 Å². The standard InChI is InChI=1S/C8H16N2.C7H12N2O2.C7H14N2.C6H11NO.C4H9NO.C3H9N3.C3H8N2O.C2H7N3.C2H6N2O.C2H5NO/c1-6-4-5-7(2)10(6)8(3)9;1-5(8)9-4-2-3-6(9)7(10)11;1-6-4-3-5-9(6)7(2)8;1-6(8)7-4-2-3-5-7;1-4(6)5(2)3;1-3(4)6-5-2;1-3(4)5-6-2;1-2(3)5-4;1-2(3)4-5;1-2(3)4/h6-7,9H,4-5H2,1-3H3;6,8H,2-4H2,1H3,(H,10,11);6,8H,3-5H2,1-2H3;2-5H2,1H3;1-3H3;5H,1-2H3,(H2,4,6);1-2H3,(H2,4,5);4H2,1H3,(H2,3,5);5H,1H3,(H2,3,4);1H3,(H2,3,4). The van der Waals surface area contributed by atoms with Crippen molar-refractivity contribution in [1.29, 1.82) is 16.2 Å².